The Hall–Kier alpha value is -2.38. The number of pyridine rings is 1. The third-order valence-corrected chi connectivity index (χ3v) is 2.44. The van der Waals surface area contributed by atoms with Crippen molar-refractivity contribution in [2.75, 3.05) is 6.54 Å². The molecule has 0 spiro atoms. The molecule has 1 heterocycles. The minimum Gasteiger partial charge on any atom is -0.457 e. The Morgan fingerprint density at radius 2 is 1.94 bits per heavy atom. The van der Waals surface area contributed by atoms with Crippen molar-refractivity contribution >= 4 is 0 Å². The van der Waals surface area contributed by atoms with Crippen molar-refractivity contribution in [1.82, 2.24) is 4.98 Å². The molecule has 2 aromatic rings. The molecule has 90 valence electrons. The third-order valence-electron chi connectivity index (χ3n) is 2.44. The molecule has 0 saturated carbocycles. The number of nitriles is 1. The average Bonchev–Trinajstić information content (AvgIpc) is 2.42. The molecule has 0 fully saturated rings. The Balaban J connectivity index is 2.11. The standard InChI is InChI=1S/C14H13N3O/c15-7-5-11-1-3-13(4-2-11)18-14-6-8-17-12(9-14)10-16/h1-4,6,8-9H,5,7,15H2. The molecule has 4 nitrogen and oxygen atoms in total. The van der Waals surface area contributed by atoms with Crippen LogP contribution < -0.4 is 10.5 Å². The Labute approximate surface area is 106 Å². The van der Waals surface area contributed by atoms with Crippen molar-refractivity contribution in [2.24, 2.45) is 5.73 Å². The molecule has 18 heavy (non-hydrogen) atoms. The lowest BCUT2D eigenvalue weighted by Gasteiger charge is -2.06. The number of benzene rings is 1. The maximum Gasteiger partial charge on any atom is 0.144 e. The second kappa shape index (κ2) is 5.80. The van der Waals surface area contributed by atoms with Gasteiger partial charge in [0.15, 0.2) is 0 Å². The molecule has 0 unspecified atom stereocenters. The van der Waals surface area contributed by atoms with Gasteiger partial charge < -0.3 is 10.5 Å². The molecule has 1 aromatic heterocycles. The molecule has 4 heteroatoms. The summed E-state index contributed by atoms with van der Waals surface area (Å²) < 4.78 is 5.63. The van der Waals surface area contributed by atoms with Crippen LogP contribution in [0.3, 0.4) is 0 Å². The van der Waals surface area contributed by atoms with Crippen LogP contribution in [-0.4, -0.2) is 11.5 Å². The Bertz CT molecular complexity index is 558. The highest BCUT2D eigenvalue weighted by atomic mass is 16.5. The van der Waals surface area contributed by atoms with Gasteiger partial charge in [0.05, 0.1) is 0 Å². The first-order valence-electron chi connectivity index (χ1n) is 5.65. The van der Waals surface area contributed by atoms with Gasteiger partial charge in [-0.15, -0.1) is 0 Å². The first-order valence-corrected chi connectivity index (χ1v) is 5.65. The van der Waals surface area contributed by atoms with E-state index in [2.05, 4.69) is 4.98 Å². The lowest BCUT2D eigenvalue weighted by Crippen LogP contribution is -2.02. The monoisotopic (exact) mass is 239 g/mol. The third kappa shape index (κ3) is 3.06. The zero-order chi connectivity index (χ0) is 12.8. The van der Waals surface area contributed by atoms with Crippen LogP contribution in [-0.2, 0) is 6.42 Å². The van der Waals surface area contributed by atoms with Gasteiger partial charge in [0.1, 0.15) is 23.3 Å². The van der Waals surface area contributed by atoms with E-state index in [0.717, 1.165) is 12.2 Å². The maximum atomic E-state index is 8.74. The van der Waals surface area contributed by atoms with Crippen LogP contribution in [0.1, 0.15) is 11.3 Å². The Morgan fingerprint density at radius 3 is 2.61 bits per heavy atom. The summed E-state index contributed by atoms with van der Waals surface area (Å²) in [6.45, 7) is 0.635. The minimum absolute atomic E-state index is 0.340. The van der Waals surface area contributed by atoms with Gasteiger partial charge in [-0.05, 0) is 36.7 Å². The molecule has 2 N–H and O–H groups in total. The van der Waals surface area contributed by atoms with Crippen molar-refractivity contribution in [3.05, 3.63) is 53.9 Å². The molecule has 0 aliphatic heterocycles. The number of ether oxygens (including phenoxy) is 1. The van der Waals surface area contributed by atoms with Crippen LogP contribution >= 0.6 is 0 Å². The van der Waals surface area contributed by atoms with Gasteiger partial charge in [-0.3, -0.25) is 0 Å². The van der Waals surface area contributed by atoms with Gasteiger partial charge in [-0.25, -0.2) is 4.98 Å². The second-order valence-corrected chi connectivity index (χ2v) is 3.77. The predicted octanol–water partition coefficient (Wildman–Crippen LogP) is 2.25. The quantitative estimate of drug-likeness (QED) is 0.888. The van der Waals surface area contributed by atoms with E-state index in [1.54, 1.807) is 18.3 Å². The first-order chi connectivity index (χ1) is 8.81. The lowest BCUT2D eigenvalue weighted by atomic mass is 10.1. The molecule has 0 radical (unpaired) electrons. The molecule has 0 aliphatic carbocycles. The van der Waals surface area contributed by atoms with Crippen molar-refractivity contribution in [1.29, 1.82) is 5.26 Å². The summed E-state index contributed by atoms with van der Waals surface area (Å²) >= 11 is 0. The Morgan fingerprint density at radius 1 is 1.17 bits per heavy atom. The van der Waals surface area contributed by atoms with Gasteiger partial charge >= 0.3 is 0 Å². The molecule has 0 amide bonds. The van der Waals surface area contributed by atoms with Crippen LogP contribution in [0.2, 0.25) is 0 Å². The number of nitrogens with two attached hydrogens (primary N) is 1. The Kier molecular flexibility index (Phi) is 3.90. The van der Waals surface area contributed by atoms with Crippen LogP contribution in [0.4, 0.5) is 0 Å². The number of hydrogen-bond donors (Lipinski definition) is 1. The highest BCUT2D eigenvalue weighted by Gasteiger charge is 2.00. The van der Waals surface area contributed by atoms with E-state index in [1.807, 2.05) is 30.3 Å². The molecule has 0 bridgehead atoms. The van der Waals surface area contributed by atoms with Crippen LogP contribution in [0, 0.1) is 11.3 Å². The molecule has 0 aliphatic rings. The van der Waals surface area contributed by atoms with E-state index in [4.69, 9.17) is 15.7 Å². The van der Waals surface area contributed by atoms with Gasteiger partial charge in [-0.1, -0.05) is 12.1 Å². The van der Waals surface area contributed by atoms with Gasteiger partial charge in [0, 0.05) is 12.3 Å². The fourth-order valence-electron chi connectivity index (χ4n) is 1.56. The zero-order valence-corrected chi connectivity index (χ0v) is 9.84. The summed E-state index contributed by atoms with van der Waals surface area (Å²) in [6, 6.07) is 13.0. The molecule has 0 atom stereocenters. The fourth-order valence-corrected chi connectivity index (χ4v) is 1.56. The SMILES string of the molecule is N#Cc1cc(Oc2ccc(CCN)cc2)ccn1. The summed E-state index contributed by atoms with van der Waals surface area (Å²) in [4.78, 5) is 3.88. The predicted molar refractivity (Wildman–Crippen MR) is 68.2 cm³/mol. The fraction of sp³-hybridized carbons (Fsp3) is 0.143. The number of hydrogen-bond acceptors (Lipinski definition) is 4. The highest BCUT2D eigenvalue weighted by Crippen LogP contribution is 2.21. The van der Waals surface area contributed by atoms with Gasteiger partial charge in [-0.2, -0.15) is 5.26 Å². The summed E-state index contributed by atoms with van der Waals surface area (Å²) in [5.74, 6) is 1.33. The molecule has 2 rings (SSSR count). The number of aromatic nitrogens is 1. The van der Waals surface area contributed by atoms with E-state index in [-0.39, 0.29) is 0 Å². The summed E-state index contributed by atoms with van der Waals surface area (Å²) in [6.07, 6.45) is 2.41. The van der Waals surface area contributed by atoms with E-state index >= 15 is 0 Å². The van der Waals surface area contributed by atoms with Crippen LogP contribution in [0.15, 0.2) is 42.6 Å². The number of rotatable bonds is 4. The summed E-state index contributed by atoms with van der Waals surface area (Å²) in [5, 5.41) is 8.74. The highest BCUT2D eigenvalue weighted by molar-refractivity contribution is 5.35. The zero-order valence-electron chi connectivity index (χ0n) is 9.84. The minimum atomic E-state index is 0.340. The summed E-state index contributed by atoms with van der Waals surface area (Å²) in [7, 11) is 0. The van der Waals surface area contributed by atoms with Crippen LogP contribution in [0.5, 0.6) is 11.5 Å². The van der Waals surface area contributed by atoms with E-state index in [9.17, 15) is 0 Å². The maximum absolute atomic E-state index is 8.74. The number of nitrogens with zero attached hydrogens (tertiary/aromatic N) is 2. The van der Waals surface area contributed by atoms with E-state index in [0.29, 0.717) is 18.0 Å². The topological polar surface area (TPSA) is 71.9 Å². The average molecular weight is 239 g/mol. The van der Waals surface area contributed by atoms with Crippen molar-refractivity contribution in [3.63, 3.8) is 0 Å². The van der Waals surface area contributed by atoms with Crippen molar-refractivity contribution in [2.45, 2.75) is 6.42 Å². The smallest absolute Gasteiger partial charge is 0.144 e. The van der Waals surface area contributed by atoms with Gasteiger partial charge in [0.2, 0.25) is 0 Å². The van der Waals surface area contributed by atoms with Crippen molar-refractivity contribution in [3.8, 4) is 17.6 Å². The molecular weight excluding hydrogens is 226 g/mol. The van der Waals surface area contributed by atoms with Crippen molar-refractivity contribution < 1.29 is 4.74 Å². The first kappa shape index (κ1) is 12.1. The molecule has 1 aromatic carbocycles. The molecule has 0 saturated heterocycles. The van der Waals surface area contributed by atoms with E-state index < -0.39 is 0 Å². The van der Waals surface area contributed by atoms with E-state index in [1.165, 1.54) is 5.56 Å². The normalized spacial score (nSPS) is 9.78. The second-order valence-electron chi connectivity index (χ2n) is 3.77. The lowest BCUT2D eigenvalue weighted by molar-refractivity contribution is 0.481. The van der Waals surface area contributed by atoms with Crippen LogP contribution in [0.25, 0.3) is 0 Å². The summed E-state index contributed by atoms with van der Waals surface area (Å²) in [5.41, 5.74) is 7.00. The van der Waals surface area contributed by atoms with Gasteiger partial charge in [0.25, 0.3) is 0 Å². The molecular formula is C14H13N3O. The largest absolute Gasteiger partial charge is 0.457 e.